The van der Waals surface area contributed by atoms with Crippen LogP contribution in [0.4, 0.5) is 5.69 Å². The van der Waals surface area contributed by atoms with Gasteiger partial charge in [0.25, 0.3) is 0 Å². The molecule has 1 aromatic carbocycles. The molecule has 23 heavy (non-hydrogen) atoms. The Balaban J connectivity index is 2.23. The summed E-state index contributed by atoms with van der Waals surface area (Å²) in [5.41, 5.74) is 0.976. The molecule has 0 aliphatic carbocycles. The van der Waals surface area contributed by atoms with E-state index in [2.05, 4.69) is 27.1 Å². The van der Waals surface area contributed by atoms with E-state index in [0.717, 1.165) is 36.7 Å². The average Bonchev–Trinajstić information content (AvgIpc) is 3.12. The second-order valence-corrected chi connectivity index (χ2v) is 5.81. The molecule has 0 N–H and O–H groups in total. The molecule has 1 fully saturated rings. The number of allylic oxidation sites excluding steroid dienone is 1. The van der Waals surface area contributed by atoms with Gasteiger partial charge in [-0.15, -0.1) is 16.7 Å². The van der Waals surface area contributed by atoms with E-state index in [1.54, 1.807) is 31.4 Å². The molecule has 5 nitrogen and oxygen atoms in total. The molecule has 1 aliphatic heterocycles. The van der Waals surface area contributed by atoms with Gasteiger partial charge in [0.05, 0.1) is 18.6 Å². The second kappa shape index (κ2) is 8.87. The fraction of sp³-hybridized carbons (Fsp3) is 0.353. The van der Waals surface area contributed by atoms with E-state index in [0.29, 0.717) is 17.1 Å². The minimum absolute atomic E-state index is 0.308. The molecule has 1 aliphatic rings. The van der Waals surface area contributed by atoms with Crippen molar-refractivity contribution in [2.45, 2.75) is 12.8 Å². The van der Waals surface area contributed by atoms with E-state index in [4.69, 9.17) is 11.2 Å². The van der Waals surface area contributed by atoms with Crippen LogP contribution in [0.5, 0.6) is 5.75 Å². The number of azo groups is 1. The summed E-state index contributed by atoms with van der Waals surface area (Å²) in [6, 6.07) is 9.34. The number of nitriles is 1. The highest BCUT2D eigenvalue weighted by Gasteiger charge is 2.19. The van der Waals surface area contributed by atoms with E-state index in [-0.39, 0.29) is 0 Å². The van der Waals surface area contributed by atoms with E-state index in [9.17, 15) is 5.26 Å². The van der Waals surface area contributed by atoms with Crippen molar-refractivity contribution in [3.05, 3.63) is 35.0 Å². The third kappa shape index (κ3) is 4.77. The van der Waals surface area contributed by atoms with Gasteiger partial charge in [0.2, 0.25) is 0 Å². The Hall–Kier alpha value is -2.44. The number of benzene rings is 1. The first-order chi connectivity index (χ1) is 11.3. The lowest BCUT2D eigenvalue weighted by atomic mass is 10.3. The Morgan fingerprint density at radius 3 is 2.61 bits per heavy atom. The predicted molar refractivity (Wildman–Crippen MR) is 92.2 cm³/mol. The molecule has 0 aromatic heterocycles. The van der Waals surface area contributed by atoms with Crippen LogP contribution in [0.3, 0.4) is 0 Å². The fourth-order valence-corrected chi connectivity index (χ4v) is 3.02. The number of thioether (sulfide) groups is 1. The maximum absolute atomic E-state index is 9.44. The number of likely N-dealkylation sites (tertiary alicyclic amines) is 1. The fourth-order valence-electron chi connectivity index (χ4n) is 2.21. The monoisotopic (exact) mass is 326 g/mol. The van der Waals surface area contributed by atoms with Crippen LogP contribution in [0, 0.1) is 23.7 Å². The highest BCUT2D eigenvalue weighted by atomic mass is 32.2. The van der Waals surface area contributed by atoms with Gasteiger partial charge in [0.1, 0.15) is 16.8 Å². The molecule has 0 unspecified atom stereocenters. The van der Waals surface area contributed by atoms with Crippen molar-refractivity contribution in [3.8, 4) is 24.2 Å². The third-order valence-electron chi connectivity index (χ3n) is 3.33. The molecule has 0 amide bonds. The lowest BCUT2D eigenvalue weighted by Crippen LogP contribution is -2.18. The number of hydrogen-bond donors (Lipinski definition) is 0. The topological polar surface area (TPSA) is 61.0 Å². The van der Waals surface area contributed by atoms with Crippen LogP contribution < -0.4 is 4.74 Å². The largest absolute Gasteiger partial charge is 0.497 e. The van der Waals surface area contributed by atoms with Crippen molar-refractivity contribution in [2.75, 3.05) is 26.0 Å². The van der Waals surface area contributed by atoms with Gasteiger partial charge in [-0.2, -0.15) is 5.26 Å². The summed E-state index contributed by atoms with van der Waals surface area (Å²) in [4.78, 5) is 2.16. The van der Waals surface area contributed by atoms with Crippen LogP contribution >= 0.6 is 11.8 Å². The Kier molecular flexibility index (Phi) is 6.53. The van der Waals surface area contributed by atoms with Crippen LogP contribution in [0.25, 0.3) is 0 Å². The Bertz CT molecular complexity index is 661. The molecule has 0 bridgehead atoms. The van der Waals surface area contributed by atoms with E-state index >= 15 is 0 Å². The zero-order valence-electron chi connectivity index (χ0n) is 13.0. The quantitative estimate of drug-likeness (QED) is 0.451. The summed E-state index contributed by atoms with van der Waals surface area (Å²) in [7, 11) is 1.61. The molecule has 0 atom stereocenters. The number of nitrogens with zero attached hydrogens (tertiary/aromatic N) is 4. The predicted octanol–water partition coefficient (Wildman–Crippen LogP) is 3.93. The Morgan fingerprint density at radius 1 is 1.35 bits per heavy atom. The molecule has 1 aromatic rings. The average molecular weight is 326 g/mol. The molecule has 0 saturated carbocycles. The Labute approximate surface area is 141 Å². The van der Waals surface area contributed by atoms with Crippen LogP contribution in [0.15, 0.2) is 45.2 Å². The maximum Gasteiger partial charge on any atom is 0.192 e. The second-order valence-electron chi connectivity index (χ2n) is 4.85. The highest BCUT2D eigenvalue weighted by Crippen LogP contribution is 2.29. The minimum Gasteiger partial charge on any atom is -0.497 e. The van der Waals surface area contributed by atoms with Gasteiger partial charge in [0.15, 0.2) is 5.70 Å². The summed E-state index contributed by atoms with van der Waals surface area (Å²) < 4.78 is 5.10. The normalized spacial score (nSPS) is 15.2. The molecule has 2 rings (SSSR count). The number of rotatable bonds is 6. The van der Waals surface area contributed by atoms with Crippen molar-refractivity contribution in [1.82, 2.24) is 4.90 Å². The number of terminal acetylenes is 1. The molecular weight excluding hydrogens is 308 g/mol. The first kappa shape index (κ1) is 16.9. The standard InChI is InChI=1S/C17H18N4OS/c1-3-12-23-17(21-10-4-5-11-21)16(13-18)20-19-14-6-8-15(22-2)9-7-14/h1,6-9H,4-5,10-12H2,2H3/b17-16+,20-19?. The van der Waals surface area contributed by atoms with Gasteiger partial charge in [-0.05, 0) is 37.1 Å². The minimum atomic E-state index is 0.308. The number of methoxy groups -OCH3 is 1. The molecule has 0 radical (unpaired) electrons. The lowest BCUT2D eigenvalue weighted by molar-refractivity contribution is 0.415. The van der Waals surface area contributed by atoms with Crippen LogP contribution in [0.2, 0.25) is 0 Å². The van der Waals surface area contributed by atoms with Crippen molar-refractivity contribution in [3.63, 3.8) is 0 Å². The summed E-state index contributed by atoms with van der Waals surface area (Å²) in [6.45, 7) is 1.85. The Morgan fingerprint density at radius 2 is 2.04 bits per heavy atom. The molecule has 1 heterocycles. The zero-order chi connectivity index (χ0) is 16.5. The van der Waals surface area contributed by atoms with Crippen molar-refractivity contribution in [1.29, 1.82) is 5.26 Å². The third-order valence-corrected chi connectivity index (χ3v) is 4.37. The van der Waals surface area contributed by atoms with Crippen molar-refractivity contribution >= 4 is 17.4 Å². The SMILES string of the molecule is C#CCS/C(=C(\C#N)N=Nc1ccc(OC)cc1)N1CCCC1. The summed E-state index contributed by atoms with van der Waals surface area (Å²) in [5.74, 6) is 3.85. The first-order valence-corrected chi connectivity index (χ1v) is 8.28. The molecule has 6 heteroatoms. The maximum atomic E-state index is 9.44. The van der Waals surface area contributed by atoms with E-state index in [1.165, 1.54) is 11.8 Å². The van der Waals surface area contributed by atoms with Gasteiger partial charge in [0, 0.05) is 13.1 Å². The molecule has 118 valence electrons. The van der Waals surface area contributed by atoms with Crippen molar-refractivity contribution in [2.24, 2.45) is 10.2 Å². The van der Waals surface area contributed by atoms with E-state index < -0.39 is 0 Å². The van der Waals surface area contributed by atoms with E-state index in [1.807, 2.05) is 0 Å². The molecular formula is C17H18N4OS. The van der Waals surface area contributed by atoms with Gasteiger partial charge in [-0.1, -0.05) is 17.7 Å². The van der Waals surface area contributed by atoms with Gasteiger partial charge in [-0.3, -0.25) is 0 Å². The summed E-state index contributed by atoms with van der Waals surface area (Å²) in [6.07, 6.45) is 7.59. The van der Waals surface area contributed by atoms with Crippen LogP contribution in [0.1, 0.15) is 12.8 Å². The van der Waals surface area contributed by atoms with Gasteiger partial charge >= 0.3 is 0 Å². The number of hydrogen-bond acceptors (Lipinski definition) is 6. The molecule has 1 saturated heterocycles. The smallest absolute Gasteiger partial charge is 0.192 e. The lowest BCUT2D eigenvalue weighted by Gasteiger charge is -2.20. The molecule has 0 spiro atoms. The first-order valence-electron chi connectivity index (χ1n) is 7.30. The summed E-state index contributed by atoms with van der Waals surface area (Å²) in [5, 5.41) is 18.6. The van der Waals surface area contributed by atoms with Gasteiger partial charge in [-0.25, -0.2) is 0 Å². The number of ether oxygens (including phenoxy) is 1. The van der Waals surface area contributed by atoms with Gasteiger partial charge < -0.3 is 9.64 Å². The van der Waals surface area contributed by atoms with Crippen LogP contribution in [-0.2, 0) is 0 Å². The van der Waals surface area contributed by atoms with Crippen LogP contribution in [-0.4, -0.2) is 30.9 Å². The van der Waals surface area contributed by atoms with Crippen molar-refractivity contribution < 1.29 is 4.74 Å². The summed E-state index contributed by atoms with van der Waals surface area (Å²) >= 11 is 1.47. The highest BCUT2D eigenvalue weighted by molar-refractivity contribution is 8.03. The zero-order valence-corrected chi connectivity index (χ0v) is 13.8.